The molecule has 2 nitrogen and oxygen atoms in total. The number of carbonyl (C=O) groups is 1. The second-order valence-corrected chi connectivity index (χ2v) is 6.99. The Kier molecular flexibility index (Phi) is 5.15. The second kappa shape index (κ2) is 8.05. The molecule has 1 aliphatic rings. The number of carbonyl (C=O) groups excluding carboxylic acids is 1. The maximum absolute atomic E-state index is 10.9. The molecular weight excluding hydrogens is 330 g/mol. The minimum atomic E-state index is 0.474. The molecule has 2 heteroatoms. The van der Waals surface area contributed by atoms with Gasteiger partial charge in [0.2, 0.25) is 0 Å². The number of fused-ring (bicyclic) bond motifs is 1. The molecule has 0 bridgehead atoms. The van der Waals surface area contributed by atoms with E-state index in [4.69, 9.17) is 0 Å². The molecule has 3 aromatic carbocycles. The van der Waals surface area contributed by atoms with Crippen LogP contribution >= 0.6 is 0 Å². The van der Waals surface area contributed by atoms with Gasteiger partial charge in [-0.05, 0) is 48.2 Å². The van der Waals surface area contributed by atoms with Crippen molar-refractivity contribution in [2.24, 2.45) is 0 Å². The fourth-order valence-corrected chi connectivity index (χ4v) is 3.85. The standard InChI is InChI=1S/C25H23NO/c27-18-19-12-14-22(15-13-19)24-10-3-4-11-25(24)26-17-16-21-8-5-7-20-6-1-2-9-23(20)21/h1-4,6,9-18,21,26H,5,7-8H2/b17-16+. The van der Waals surface area contributed by atoms with E-state index in [9.17, 15) is 4.79 Å². The number of hydrogen-bond donors (Lipinski definition) is 1. The van der Waals surface area contributed by atoms with Crippen molar-refractivity contribution < 1.29 is 4.79 Å². The quantitative estimate of drug-likeness (QED) is 0.552. The Hall–Kier alpha value is -3.13. The molecule has 0 spiro atoms. The molecule has 1 unspecified atom stereocenters. The van der Waals surface area contributed by atoms with Crippen LogP contribution in [0.2, 0.25) is 0 Å². The highest BCUT2D eigenvalue weighted by atomic mass is 16.1. The molecule has 3 aromatic rings. The summed E-state index contributed by atoms with van der Waals surface area (Å²) < 4.78 is 0. The molecule has 0 radical (unpaired) electrons. The minimum Gasteiger partial charge on any atom is -0.361 e. The third-order valence-corrected chi connectivity index (χ3v) is 5.27. The van der Waals surface area contributed by atoms with E-state index in [-0.39, 0.29) is 0 Å². The summed E-state index contributed by atoms with van der Waals surface area (Å²) in [5.41, 5.74) is 6.93. The van der Waals surface area contributed by atoms with E-state index in [0.717, 1.165) is 23.1 Å². The van der Waals surface area contributed by atoms with Crippen molar-refractivity contribution in [2.45, 2.75) is 25.2 Å². The lowest BCUT2D eigenvalue weighted by Gasteiger charge is -2.22. The molecule has 1 atom stereocenters. The van der Waals surface area contributed by atoms with E-state index < -0.39 is 0 Å². The molecule has 4 rings (SSSR count). The van der Waals surface area contributed by atoms with E-state index in [2.05, 4.69) is 54.0 Å². The van der Waals surface area contributed by atoms with Gasteiger partial charge in [-0.25, -0.2) is 0 Å². The van der Waals surface area contributed by atoms with Crippen molar-refractivity contribution in [3.8, 4) is 11.1 Å². The van der Waals surface area contributed by atoms with E-state index >= 15 is 0 Å². The smallest absolute Gasteiger partial charge is 0.150 e. The van der Waals surface area contributed by atoms with Crippen LogP contribution in [0.4, 0.5) is 5.69 Å². The Morgan fingerprint density at radius 1 is 0.889 bits per heavy atom. The molecule has 0 saturated carbocycles. The Balaban J connectivity index is 1.54. The normalized spacial score (nSPS) is 16.1. The van der Waals surface area contributed by atoms with Gasteiger partial charge < -0.3 is 5.32 Å². The monoisotopic (exact) mass is 353 g/mol. The summed E-state index contributed by atoms with van der Waals surface area (Å²) in [5, 5.41) is 3.47. The molecule has 0 aliphatic heterocycles. The fourth-order valence-electron chi connectivity index (χ4n) is 3.85. The topological polar surface area (TPSA) is 29.1 Å². The minimum absolute atomic E-state index is 0.474. The van der Waals surface area contributed by atoms with Crippen LogP contribution in [-0.4, -0.2) is 6.29 Å². The van der Waals surface area contributed by atoms with Gasteiger partial charge in [-0.1, -0.05) is 72.8 Å². The van der Waals surface area contributed by atoms with Crippen LogP contribution < -0.4 is 5.32 Å². The molecule has 0 heterocycles. The van der Waals surface area contributed by atoms with Crippen molar-refractivity contribution in [3.05, 3.63) is 102 Å². The molecular formula is C25H23NO. The van der Waals surface area contributed by atoms with Crippen LogP contribution in [-0.2, 0) is 6.42 Å². The third kappa shape index (κ3) is 3.85. The SMILES string of the molecule is O=Cc1ccc(-c2ccccc2N/C=C/C2CCCc3ccccc32)cc1. The van der Waals surface area contributed by atoms with E-state index in [1.807, 2.05) is 36.4 Å². The van der Waals surface area contributed by atoms with Crippen LogP contribution in [0.25, 0.3) is 11.1 Å². The van der Waals surface area contributed by atoms with Crippen molar-refractivity contribution in [1.82, 2.24) is 0 Å². The number of aldehydes is 1. The number of allylic oxidation sites excluding steroid dienone is 1. The lowest BCUT2D eigenvalue weighted by Crippen LogP contribution is -2.07. The summed E-state index contributed by atoms with van der Waals surface area (Å²) in [4.78, 5) is 10.9. The largest absolute Gasteiger partial charge is 0.361 e. The first-order valence-electron chi connectivity index (χ1n) is 9.51. The number of hydrogen-bond acceptors (Lipinski definition) is 2. The van der Waals surface area contributed by atoms with Crippen molar-refractivity contribution >= 4 is 12.0 Å². The molecule has 1 N–H and O–H groups in total. The van der Waals surface area contributed by atoms with Gasteiger partial charge in [0.15, 0.2) is 0 Å². The first kappa shape index (κ1) is 17.3. The Bertz CT molecular complexity index is 956. The number of anilines is 1. The van der Waals surface area contributed by atoms with Gasteiger partial charge in [-0.3, -0.25) is 4.79 Å². The zero-order valence-electron chi connectivity index (χ0n) is 15.3. The van der Waals surface area contributed by atoms with Crippen molar-refractivity contribution in [1.29, 1.82) is 0 Å². The second-order valence-electron chi connectivity index (χ2n) is 6.99. The van der Waals surface area contributed by atoms with Crippen molar-refractivity contribution in [3.63, 3.8) is 0 Å². The van der Waals surface area contributed by atoms with Crippen LogP contribution in [0, 0.1) is 0 Å². The van der Waals surface area contributed by atoms with E-state index in [1.54, 1.807) is 0 Å². The molecule has 0 fully saturated rings. The lowest BCUT2D eigenvalue weighted by atomic mass is 9.83. The molecule has 134 valence electrons. The first-order chi connectivity index (χ1) is 13.3. The van der Waals surface area contributed by atoms with Crippen LogP contribution in [0.3, 0.4) is 0 Å². The van der Waals surface area contributed by atoms with Crippen LogP contribution in [0.5, 0.6) is 0 Å². The fraction of sp³-hybridized carbons (Fsp3) is 0.160. The Morgan fingerprint density at radius 3 is 2.52 bits per heavy atom. The zero-order valence-corrected chi connectivity index (χ0v) is 15.3. The van der Waals surface area contributed by atoms with E-state index in [0.29, 0.717) is 11.5 Å². The number of nitrogens with one attached hydrogen (secondary N) is 1. The summed E-state index contributed by atoms with van der Waals surface area (Å²) in [6, 6.07) is 24.7. The Labute approximate surface area is 160 Å². The maximum atomic E-state index is 10.9. The number of para-hydroxylation sites is 1. The van der Waals surface area contributed by atoms with Gasteiger partial charge >= 0.3 is 0 Å². The van der Waals surface area contributed by atoms with Gasteiger partial charge in [0.25, 0.3) is 0 Å². The highest BCUT2D eigenvalue weighted by Gasteiger charge is 2.17. The predicted molar refractivity (Wildman–Crippen MR) is 112 cm³/mol. The predicted octanol–water partition coefficient (Wildman–Crippen LogP) is 6.21. The summed E-state index contributed by atoms with van der Waals surface area (Å²) in [7, 11) is 0. The van der Waals surface area contributed by atoms with E-state index in [1.165, 1.54) is 30.4 Å². The molecule has 0 amide bonds. The van der Waals surface area contributed by atoms with Gasteiger partial charge in [0.05, 0.1) is 0 Å². The highest BCUT2D eigenvalue weighted by Crippen LogP contribution is 2.33. The average molecular weight is 353 g/mol. The lowest BCUT2D eigenvalue weighted by molar-refractivity contribution is 0.112. The Morgan fingerprint density at radius 2 is 1.67 bits per heavy atom. The molecule has 0 saturated heterocycles. The summed E-state index contributed by atoms with van der Waals surface area (Å²) in [6.07, 6.45) is 8.86. The van der Waals surface area contributed by atoms with Gasteiger partial charge in [0.1, 0.15) is 6.29 Å². The van der Waals surface area contributed by atoms with Crippen molar-refractivity contribution in [2.75, 3.05) is 5.32 Å². The average Bonchev–Trinajstić information content (AvgIpc) is 2.74. The number of benzene rings is 3. The van der Waals surface area contributed by atoms with Crippen LogP contribution in [0.15, 0.2) is 85.1 Å². The zero-order chi connectivity index (χ0) is 18.5. The summed E-state index contributed by atoms with van der Waals surface area (Å²) in [5.74, 6) is 0.474. The maximum Gasteiger partial charge on any atom is 0.150 e. The number of rotatable bonds is 5. The summed E-state index contributed by atoms with van der Waals surface area (Å²) in [6.45, 7) is 0. The number of aryl methyl sites for hydroxylation is 1. The van der Waals surface area contributed by atoms with Gasteiger partial charge in [-0.2, -0.15) is 0 Å². The summed E-state index contributed by atoms with van der Waals surface area (Å²) >= 11 is 0. The molecule has 0 aromatic heterocycles. The van der Waals surface area contributed by atoms with Gasteiger partial charge in [-0.15, -0.1) is 0 Å². The third-order valence-electron chi connectivity index (χ3n) is 5.27. The van der Waals surface area contributed by atoms with Gasteiger partial charge in [0, 0.05) is 22.7 Å². The first-order valence-corrected chi connectivity index (χ1v) is 9.51. The molecule has 1 aliphatic carbocycles. The van der Waals surface area contributed by atoms with Crippen LogP contribution in [0.1, 0.15) is 40.2 Å². The highest BCUT2D eigenvalue weighted by molar-refractivity contribution is 5.81. The molecule has 27 heavy (non-hydrogen) atoms.